The Labute approximate surface area is 44.5 Å². The molecule has 0 saturated heterocycles. The maximum atomic E-state index is 11.0. The minimum absolute atomic E-state index is 0.604. The molecule has 0 radical (unpaired) electrons. The lowest BCUT2D eigenvalue weighted by Gasteiger charge is -1.99. The van der Waals surface area contributed by atoms with E-state index in [9.17, 15) is 4.57 Å². The zero-order chi connectivity index (χ0) is 5.49. The van der Waals surface area contributed by atoms with E-state index in [0.29, 0.717) is 5.66 Å². The van der Waals surface area contributed by atoms with Crippen LogP contribution >= 0.6 is 7.14 Å². The van der Waals surface area contributed by atoms with Crippen LogP contribution in [0.5, 0.6) is 0 Å². The molecule has 7 heavy (non-hydrogen) atoms. The highest BCUT2D eigenvalue weighted by atomic mass is 31.2. The summed E-state index contributed by atoms with van der Waals surface area (Å²) >= 11 is 0. The summed E-state index contributed by atoms with van der Waals surface area (Å²) in [5.74, 6) is 0. The minimum atomic E-state index is -1.63. The van der Waals surface area contributed by atoms with Crippen molar-refractivity contribution in [2.75, 3.05) is 13.3 Å². The summed E-state index contributed by atoms with van der Waals surface area (Å²) in [6.45, 7) is 3.76. The molecule has 42 valence electrons. The average molecular weight is 118 g/mol. The standard InChI is InChI=1S/C5H11OP/c1-7(2,6)5-3-4-5/h5H,3-4H2,1-2H3. The van der Waals surface area contributed by atoms with E-state index in [-0.39, 0.29) is 0 Å². The van der Waals surface area contributed by atoms with E-state index in [1.54, 1.807) is 0 Å². The minimum Gasteiger partial charge on any atom is -0.324 e. The Morgan fingerprint density at radius 1 is 1.43 bits per heavy atom. The Morgan fingerprint density at radius 3 is 1.86 bits per heavy atom. The van der Waals surface area contributed by atoms with E-state index in [2.05, 4.69) is 0 Å². The topological polar surface area (TPSA) is 17.1 Å². The van der Waals surface area contributed by atoms with E-state index < -0.39 is 7.14 Å². The summed E-state index contributed by atoms with van der Waals surface area (Å²) in [6.07, 6.45) is 2.43. The summed E-state index contributed by atoms with van der Waals surface area (Å²) in [5.41, 5.74) is 0.604. The van der Waals surface area contributed by atoms with Gasteiger partial charge in [-0.2, -0.15) is 0 Å². The second kappa shape index (κ2) is 1.35. The van der Waals surface area contributed by atoms with E-state index in [0.717, 1.165) is 0 Å². The smallest absolute Gasteiger partial charge is 0.0848 e. The normalized spacial score (nSPS) is 22.6. The molecule has 0 bridgehead atoms. The summed E-state index contributed by atoms with van der Waals surface area (Å²) < 4.78 is 11.0. The summed E-state index contributed by atoms with van der Waals surface area (Å²) in [4.78, 5) is 0. The second-order valence-electron chi connectivity index (χ2n) is 2.67. The van der Waals surface area contributed by atoms with Gasteiger partial charge in [-0.15, -0.1) is 0 Å². The van der Waals surface area contributed by atoms with Crippen LogP contribution in [-0.2, 0) is 4.57 Å². The maximum absolute atomic E-state index is 11.0. The van der Waals surface area contributed by atoms with Crippen molar-refractivity contribution in [3.8, 4) is 0 Å². The van der Waals surface area contributed by atoms with Gasteiger partial charge in [0.05, 0.1) is 7.14 Å². The fourth-order valence-electron chi connectivity index (χ4n) is 0.696. The molecule has 1 saturated carbocycles. The molecule has 0 spiro atoms. The molecule has 1 rings (SSSR count). The highest BCUT2D eigenvalue weighted by Gasteiger charge is 2.32. The lowest BCUT2D eigenvalue weighted by molar-refractivity contribution is 0.581. The van der Waals surface area contributed by atoms with Crippen molar-refractivity contribution in [2.24, 2.45) is 0 Å². The number of hydrogen-bond acceptors (Lipinski definition) is 1. The summed E-state index contributed by atoms with van der Waals surface area (Å²) in [6, 6.07) is 0. The first-order chi connectivity index (χ1) is 3.11. The van der Waals surface area contributed by atoms with E-state index in [1.807, 2.05) is 13.3 Å². The first kappa shape index (κ1) is 5.37. The van der Waals surface area contributed by atoms with E-state index in [1.165, 1.54) is 12.8 Å². The van der Waals surface area contributed by atoms with Gasteiger partial charge < -0.3 is 4.57 Å². The van der Waals surface area contributed by atoms with Gasteiger partial charge in [-0.25, -0.2) is 0 Å². The summed E-state index contributed by atoms with van der Waals surface area (Å²) in [7, 11) is -1.63. The molecule has 0 N–H and O–H groups in total. The van der Waals surface area contributed by atoms with Gasteiger partial charge in [-0.3, -0.25) is 0 Å². The lowest BCUT2D eigenvalue weighted by atomic mass is 11.0. The van der Waals surface area contributed by atoms with Crippen molar-refractivity contribution < 1.29 is 4.57 Å². The van der Waals surface area contributed by atoms with Crippen LogP contribution in [-0.4, -0.2) is 19.0 Å². The quantitative estimate of drug-likeness (QED) is 0.479. The third-order valence-corrected chi connectivity index (χ3v) is 3.70. The third kappa shape index (κ3) is 1.31. The molecule has 0 heterocycles. The molecule has 2 heteroatoms. The molecule has 0 atom stereocenters. The largest absolute Gasteiger partial charge is 0.324 e. The van der Waals surface area contributed by atoms with Gasteiger partial charge in [-0.05, 0) is 26.2 Å². The monoisotopic (exact) mass is 118 g/mol. The van der Waals surface area contributed by atoms with Crippen molar-refractivity contribution in [1.82, 2.24) is 0 Å². The molecule has 0 aliphatic heterocycles. The van der Waals surface area contributed by atoms with Crippen molar-refractivity contribution in [3.63, 3.8) is 0 Å². The first-order valence-electron chi connectivity index (χ1n) is 2.65. The van der Waals surface area contributed by atoms with Crippen molar-refractivity contribution >= 4 is 7.14 Å². The third-order valence-electron chi connectivity index (χ3n) is 1.43. The van der Waals surface area contributed by atoms with Crippen LogP contribution in [0.1, 0.15) is 12.8 Å². The van der Waals surface area contributed by atoms with Gasteiger partial charge in [-0.1, -0.05) is 0 Å². The van der Waals surface area contributed by atoms with E-state index in [4.69, 9.17) is 0 Å². The molecule has 0 unspecified atom stereocenters. The lowest BCUT2D eigenvalue weighted by Crippen LogP contribution is -1.79. The van der Waals surface area contributed by atoms with Crippen LogP contribution in [0.25, 0.3) is 0 Å². The van der Waals surface area contributed by atoms with Crippen LogP contribution in [0.2, 0.25) is 0 Å². The summed E-state index contributed by atoms with van der Waals surface area (Å²) in [5, 5.41) is 0. The van der Waals surface area contributed by atoms with Crippen LogP contribution < -0.4 is 0 Å². The Kier molecular flexibility index (Phi) is 1.04. The Bertz CT molecular complexity index is 109. The van der Waals surface area contributed by atoms with Gasteiger partial charge >= 0.3 is 0 Å². The number of rotatable bonds is 1. The van der Waals surface area contributed by atoms with Crippen molar-refractivity contribution in [1.29, 1.82) is 0 Å². The Morgan fingerprint density at radius 2 is 1.86 bits per heavy atom. The molecule has 0 aromatic rings. The molecule has 1 fully saturated rings. The maximum Gasteiger partial charge on any atom is 0.0848 e. The van der Waals surface area contributed by atoms with E-state index >= 15 is 0 Å². The molecular weight excluding hydrogens is 107 g/mol. The molecule has 1 nitrogen and oxygen atoms in total. The van der Waals surface area contributed by atoms with Crippen LogP contribution in [0.3, 0.4) is 0 Å². The molecule has 1 aliphatic rings. The Hall–Kier alpha value is 0.230. The van der Waals surface area contributed by atoms with Gasteiger partial charge in [0.1, 0.15) is 0 Å². The van der Waals surface area contributed by atoms with Crippen molar-refractivity contribution in [3.05, 3.63) is 0 Å². The van der Waals surface area contributed by atoms with Crippen LogP contribution in [0, 0.1) is 0 Å². The highest BCUT2D eigenvalue weighted by molar-refractivity contribution is 7.63. The van der Waals surface area contributed by atoms with Crippen LogP contribution in [0.4, 0.5) is 0 Å². The fraction of sp³-hybridized carbons (Fsp3) is 1.00. The van der Waals surface area contributed by atoms with Crippen LogP contribution in [0.15, 0.2) is 0 Å². The highest BCUT2D eigenvalue weighted by Crippen LogP contribution is 2.54. The molecule has 0 aromatic heterocycles. The van der Waals surface area contributed by atoms with Gasteiger partial charge in [0.15, 0.2) is 0 Å². The average Bonchev–Trinajstić information content (AvgIpc) is 1.99. The first-order valence-corrected chi connectivity index (χ1v) is 5.32. The molecule has 1 aliphatic carbocycles. The van der Waals surface area contributed by atoms with Gasteiger partial charge in [0.2, 0.25) is 0 Å². The van der Waals surface area contributed by atoms with Crippen molar-refractivity contribution in [2.45, 2.75) is 18.5 Å². The zero-order valence-electron chi connectivity index (χ0n) is 4.85. The van der Waals surface area contributed by atoms with Gasteiger partial charge in [0, 0.05) is 5.66 Å². The Balaban J connectivity index is 2.52. The predicted molar refractivity (Wildman–Crippen MR) is 32.5 cm³/mol. The second-order valence-corrected chi connectivity index (χ2v) is 6.26. The SMILES string of the molecule is CP(C)(=O)C1CC1. The fourth-order valence-corrected chi connectivity index (χ4v) is 2.09. The number of hydrogen-bond donors (Lipinski definition) is 0. The molecule has 0 aromatic carbocycles. The molecular formula is C5H11OP. The molecule has 0 amide bonds. The predicted octanol–water partition coefficient (Wildman–Crippen LogP) is 1.77. The van der Waals surface area contributed by atoms with Gasteiger partial charge in [0.25, 0.3) is 0 Å². The zero-order valence-corrected chi connectivity index (χ0v) is 5.74.